The summed E-state index contributed by atoms with van der Waals surface area (Å²) in [6.07, 6.45) is 2.91. The van der Waals surface area contributed by atoms with Crippen molar-refractivity contribution in [1.82, 2.24) is 15.0 Å². The summed E-state index contributed by atoms with van der Waals surface area (Å²) in [5, 5.41) is 8.57. The van der Waals surface area contributed by atoms with Crippen LogP contribution in [-0.2, 0) is 13.0 Å². The van der Waals surface area contributed by atoms with Gasteiger partial charge in [0, 0.05) is 23.0 Å². The van der Waals surface area contributed by atoms with Gasteiger partial charge in [0.2, 0.25) is 5.95 Å². The number of thiophene rings is 1. The zero-order chi connectivity index (χ0) is 14.8. The van der Waals surface area contributed by atoms with Gasteiger partial charge in [-0.25, -0.2) is 9.97 Å². The Morgan fingerprint density at radius 1 is 1.24 bits per heavy atom. The second kappa shape index (κ2) is 5.95. The van der Waals surface area contributed by atoms with Crippen LogP contribution in [0.4, 0.5) is 11.8 Å². The Bertz CT molecular complexity index is 762. The number of aromatic nitrogens is 3. The Balaban J connectivity index is 1.93. The molecular formula is C14H17N5S2. The first-order chi connectivity index (χ1) is 10.2. The predicted molar refractivity (Wildman–Crippen MR) is 90.5 cm³/mol. The standard InChI is InChI=1S/C14H17N5S2/c1-4-9-5-10-12(17-7-11-16-6-8(2)20-11)18-14(15-3)19-13(10)21-9/h5-6H,4,7H2,1-3H3,(H2,15,17,18,19). The summed E-state index contributed by atoms with van der Waals surface area (Å²) >= 11 is 3.42. The average molecular weight is 319 g/mol. The molecule has 0 saturated carbocycles. The van der Waals surface area contributed by atoms with Crippen molar-refractivity contribution in [3.8, 4) is 0 Å². The second-order valence-corrected chi connectivity index (χ2v) is 7.08. The number of thiazole rings is 1. The van der Waals surface area contributed by atoms with E-state index in [0.717, 1.165) is 27.5 Å². The van der Waals surface area contributed by atoms with E-state index in [9.17, 15) is 0 Å². The summed E-state index contributed by atoms with van der Waals surface area (Å²) in [5.41, 5.74) is 0. The molecule has 0 aliphatic carbocycles. The van der Waals surface area contributed by atoms with Crippen LogP contribution < -0.4 is 10.6 Å². The fourth-order valence-corrected chi connectivity index (χ4v) is 3.73. The fraction of sp³-hybridized carbons (Fsp3) is 0.357. The van der Waals surface area contributed by atoms with Crippen molar-refractivity contribution in [2.24, 2.45) is 0 Å². The van der Waals surface area contributed by atoms with Gasteiger partial charge in [-0.05, 0) is 19.4 Å². The van der Waals surface area contributed by atoms with Crippen molar-refractivity contribution in [3.05, 3.63) is 27.0 Å². The first-order valence-corrected chi connectivity index (χ1v) is 8.46. The molecule has 0 amide bonds. The number of aryl methyl sites for hydroxylation is 2. The summed E-state index contributed by atoms with van der Waals surface area (Å²) < 4.78 is 0. The number of rotatable bonds is 5. The van der Waals surface area contributed by atoms with Crippen LogP contribution in [0.3, 0.4) is 0 Å². The molecule has 110 valence electrons. The molecule has 0 fully saturated rings. The molecule has 0 bridgehead atoms. The summed E-state index contributed by atoms with van der Waals surface area (Å²) in [4.78, 5) is 17.0. The van der Waals surface area contributed by atoms with Gasteiger partial charge in [0.15, 0.2) is 0 Å². The van der Waals surface area contributed by atoms with Gasteiger partial charge in [0.1, 0.15) is 15.7 Å². The summed E-state index contributed by atoms with van der Waals surface area (Å²) in [6.45, 7) is 4.91. The molecule has 3 rings (SSSR count). The topological polar surface area (TPSA) is 62.7 Å². The highest BCUT2D eigenvalue weighted by Crippen LogP contribution is 2.30. The normalized spacial score (nSPS) is 11.0. The van der Waals surface area contributed by atoms with Crippen molar-refractivity contribution in [2.45, 2.75) is 26.8 Å². The summed E-state index contributed by atoms with van der Waals surface area (Å²) in [7, 11) is 1.84. The highest BCUT2D eigenvalue weighted by atomic mass is 32.1. The molecule has 7 heteroatoms. The summed E-state index contributed by atoms with van der Waals surface area (Å²) in [6, 6.07) is 2.18. The SMILES string of the molecule is CCc1cc2c(NCc3ncc(C)s3)nc(NC)nc2s1. The van der Waals surface area contributed by atoms with E-state index in [0.29, 0.717) is 12.5 Å². The van der Waals surface area contributed by atoms with Crippen molar-refractivity contribution >= 4 is 44.7 Å². The van der Waals surface area contributed by atoms with Crippen LogP contribution in [0.1, 0.15) is 21.7 Å². The Labute approximate surface area is 131 Å². The molecule has 2 N–H and O–H groups in total. The van der Waals surface area contributed by atoms with Crippen molar-refractivity contribution < 1.29 is 0 Å². The highest BCUT2D eigenvalue weighted by molar-refractivity contribution is 7.18. The Morgan fingerprint density at radius 2 is 2.10 bits per heavy atom. The molecule has 0 aliphatic heterocycles. The maximum absolute atomic E-state index is 4.54. The van der Waals surface area contributed by atoms with E-state index in [4.69, 9.17) is 0 Å². The lowest BCUT2D eigenvalue weighted by molar-refractivity contribution is 1.07. The Hall–Kier alpha value is -1.73. The van der Waals surface area contributed by atoms with Crippen LogP contribution in [0.2, 0.25) is 0 Å². The van der Waals surface area contributed by atoms with Gasteiger partial charge in [0.25, 0.3) is 0 Å². The van der Waals surface area contributed by atoms with E-state index in [2.05, 4.69) is 45.5 Å². The predicted octanol–water partition coefficient (Wildman–Crippen LogP) is 3.67. The molecule has 0 spiro atoms. The molecule has 21 heavy (non-hydrogen) atoms. The van der Waals surface area contributed by atoms with Crippen LogP contribution in [0.5, 0.6) is 0 Å². The maximum atomic E-state index is 4.54. The fourth-order valence-electron chi connectivity index (χ4n) is 2.03. The van der Waals surface area contributed by atoms with Gasteiger partial charge in [-0.2, -0.15) is 4.98 Å². The van der Waals surface area contributed by atoms with E-state index in [1.165, 1.54) is 9.75 Å². The third-order valence-corrected chi connectivity index (χ3v) is 5.18. The van der Waals surface area contributed by atoms with E-state index in [-0.39, 0.29) is 0 Å². The largest absolute Gasteiger partial charge is 0.363 e. The van der Waals surface area contributed by atoms with Crippen molar-refractivity contribution in [2.75, 3.05) is 17.7 Å². The van der Waals surface area contributed by atoms with Crippen molar-refractivity contribution in [3.63, 3.8) is 0 Å². The first kappa shape index (κ1) is 14.2. The van der Waals surface area contributed by atoms with Crippen LogP contribution >= 0.6 is 22.7 Å². The molecule has 3 aromatic rings. The van der Waals surface area contributed by atoms with Crippen molar-refractivity contribution in [1.29, 1.82) is 0 Å². The quantitative estimate of drug-likeness (QED) is 0.751. The second-order valence-electron chi connectivity index (χ2n) is 4.65. The molecule has 0 saturated heterocycles. The molecule has 0 atom stereocenters. The zero-order valence-electron chi connectivity index (χ0n) is 12.2. The number of nitrogens with one attached hydrogen (secondary N) is 2. The lowest BCUT2D eigenvalue weighted by Crippen LogP contribution is -2.04. The summed E-state index contributed by atoms with van der Waals surface area (Å²) in [5.74, 6) is 1.51. The van der Waals surface area contributed by atoms with E-state index in [1.54, 1.807) is 22.7 Å². The van der Waals surface area contributed by atoms with Crippen LogP contribution in [0, 0.1) is 6.92 Å². The van der Waals surface area contributed by atoms with Gasteiger partial charge >= 0.3 is 0 Å². The minimum atomic E-state index is 0.643. The number of hydrogen-bond donors (Lipinski definition) is 2. The number of anilines is 2. The molecule has 5 nitrogen and oxygen atoms in total. The molecule has 3 aromatic heterocycles. The smallest absolute Gasteiger partial charge is 0.225 e. The number of nitrogens with zero attached hydrogens (tertiary/aromatic N) is 3. The molecule has 0 unspecified atom stereocenters. The highest BCUT2D eigenvalue weighted by Gasteiger charge is 2.11. The molecule has 3 heterocycles. The average Bonchev–Trinajstić information content (AvgIpc) is 3.10. The Kier molecular flexibility index (Phi) is 4.03. The van der Waals surface area contributed by atoms with Crippen LogP contribution in [0.15, 0.2) is 12.3 Å². The zero-order valence-corrected chi connectivity index (χ0v) is 13.9. The molecular weight excluding hydrogens is 302 g/mol. The minimum Gasteiger partial charge on any atom is -0.363 e. The minimum absolute atomic E-state index is 0.643. The molecule has 0 aliphatic rings. The number of hydrogen-bond acceptors (Lipinski definition) is 7. The first-order valence-electron chi connectivity index (χ1n) is 6.83. The third kappa shape index (κ3) is 2.98. The lowest BCUT2D eigenvalue weighted by Gasteiger charge is -2.07. The van der Waals surface area contributed by atoms with Gasteiger partial charge in [-0.1, -0.05) is 6.92 Å². The maximum Gasteiger partial charge on any atom is 0.225 e. The molecule has 0 aromatic carbocycles. The van der Waals surface area contributed by atoms with E-state index < -0.39 is 0 Å². The van der Waals surface area contributed by atoms with E-state index in [1.807, 2.05) is 13.2 Å². The third-order valence-electron chi connectivity index (χ3n) is 3.09. The van der Waals surface area contributed by atoms with Gasteiger partial charge in [0.05, 0.1) is 11.9 Å². The van der Waals surface area contributed by atoms with Gasteiger partial charge in [-0.15, -0.1) is 22.7 Å². The monoisotopic (exact) mass is 319 g/mol. The van der Waals surface area contributed by atoms with Crippen LogP contribution in [0.25, 0.3) is 10.2 Å². The Morgan fingerprint density at radius 3 is 2.76 bits per heavy atom. The molecule has 0 radical (unpaired) electrons. The van der Waals surface area contributed by atoms with E-state index >= 15 is 0 Å². The van der Waals surface area contributed by atoms with Gasteiger partial charge < -0.3 is 10.6 Å². The lowest BCUT2D eigenvalue weighted by atomic mass is 10.3. The number of fused-ring (bicyclic) bond motifs is 1. The van der Waals surface area contributed by atoms with Crippen LogP contribution in [-0.4, -0.2) is 22.0 Å². The van der Waals surface area contributed by atoms with Gasteiger partial charge in [-0.3, -0.25) is 0 Å².